The number of aromatic nitrogens is 1. The molecule has 0 aliphatic heterocycles. The number of nitrogens with one attached hydrogen (secondary N) is 2. The van der Waals surface area contributed by atoms with E-state index in [1.54, 1.807) is 0 Å². The van der Waals surface area contributed by atoms with E-state index in [1.165, 1.54) is 43.8 Å². The molecule has 8 heteroatoms. The lowest BCUT2D eigenvalue weighted by Crippen LogP contribution is -2.21. The van der Waals surface area contributed by atoms with Crippen LogP contribution in [-0.2, 0) is 0 Å². The molecule has 1 amide bonds. The first kappa shape index (κ1) is 14.3. The summed E-state index contributed by atoms with van der Waals surface area (Å²) >= 11 is 0. The topological polar surface area (TPSA) is 114 Å². The molecule has 2 rings (SSSR count). The van der Waals surface area contributed by atoms with Gasteiger partial charge in [-0.1, -0.05) is 0 Å². The van der Waals surface area contributed by atoms with Crippen LogP contribution in [0.25, 0.3) is 0 Å². The summed E-state index contributed by atoms with van der Waals surface area (Å²) in [6.07, 6.45) is 2.68. The predicted molar refractivity (Wildman–Crippen MR) is 74.7 cm³/mol. The first-order valence-corrected chi connectivity index (χ1v) is 5.84. The van der Waals surface area contributed by atoms with Gasteiger partial charge in [-0.25, -0.2) is 0 Å². The SMILES string of the molecule is COc1cc([N+](=O)[O-])ccc1NC(=O)c1c[nH]ccc1=O. The lowest BCUT2D eigenvalue weighted by Gasteiger charge is -2.09. The number of pyridine rings is 1. The van der Waals surface area contributed by atoms with Gasteiger partial charge in [-0.05, 0) is 6.07 Å². The van der Waals surface area contributed by atoms with Crippen molar-refractivity contribution in [3.63, 3.8) is 0 Å². The van der Waals surface area contributed by atoms with Gasteiger partial charge in [0.2, 0.25) is 0 Å². The van der Waals surface area contributed by atoms with Gasteiger partial charge < -0.3 is 15.0 Å². The summed E-state index contributed by atoms with van der Waals surface area (Å²) in [5.74, 6) is -0.506. The van der Waals surface area contributed by atoms with Gasteiger partial charge in [0.1, 0.15) is 11.3 Å². The van der Waals surface area contributed by atoms with Crippen molar-refractivity contribution < 1.29 is 14.5 Å². The molecule has 21 heavy (non-hydrogen) atoms. The van der Waals surface area contributed by atoms with Gasteiger partial charge in [0.05, 0.1) is 23.8 Å². The highest BCUT2D eigenvalue weighted by Gasteiger charge is 2.15. The van der Waals surface area contributed by atoms with E-state index in [0.717, 1.165) is 0 Å². The number of H-pyrrole nitrogens is 1. The number of nitro groups is 1. The van der Waals surface area contributed by atoms with Crippen molar-refractivity contribution in [1.29, 1.82) is 0 Å². The molecule has 0 aliphatic carbocycles. The quantitative estimate of drug-likeness (QED) is 0.654. The normalized spacial score (nSPS) is 9.95. The van der Waals surface area contributed by atoms with Crippen LogP contribution in [0.15, 0.2) is 41.5 Å². The Balaban J connectivity index is 2.31. The van der Waals surface area contributed by atoms with E-state index in [1.807, 2.05) is 0 Å². The maximum absolute atomic E-state index is 12.0. The summed E-state index contributed by atoms with van der Waals surface area (Å²) in [7, 11) is 1.32. The molecule has 108 valence electrons. The number of nitrogens with zero attached hydrogens (tertiary/aromatic N) is 1. The summed E-state index contributed by atoms with van der Waals surface area (Å²) < 4.78 is 5.00. The average Bonchev–Trinajstić information content (AvgIpc) is 2.47. The number of rotatable bonds is 4. The van der Waals surface area contributed by atoms with Gasteiger partial charge in [-0.3, -0.25) is 19.7 Å². The zero-order valence-electron chi connectivity index (χ0n) is 11.0. The smallest absolute Gasteiger partial charge is 0.273 e. The lowest BCUT2D eigenvalue weighted by atomic mass is 10.2. The largest absolute Gasteiger partial charge is 0.494 e. The Bertz CT molecular complexity index is 753. The standard InChI is InChI=1S/C13H11N3O5/c1-21-12-6-8(16(19)20)2-3-10(12)15-13(18)9-7-14-5-4-11(9)17/h2-7H,1H3,(H,14,17)(H,15,18). The summed E-state index contributed by atoms with van der Waals surface area (Å²) in [4.78, 5) is 36.3. The van der Waals surface area contributed by atoms with Crippen molar-refractivity contribution >= 4 is 17.3 Å². The van der Waals surface area contributed by atoms with E-state index in [9.17, 15) is 19.7 Å². The predicted octanol–water partition coefficient (Wildman–Crippen LogP) is 1.54. The lowest BCUT2D eigenvalue weighted by molar-refractivity contribution is -0.384. The van der Waals surface area contributed by atoms with Gasteiger partial charge in [-0.15, -0.1) is 0 Å². The zero-order chi connectivity index (χ0) is 15.4. The van der Waals surface area contributed by atoms with Crippen LogP contribution in [0.5, 0.6) is 5.75 Å². The van der Waals surface area contributed by atoms with Crippen molar-refractivity contribution in [2.45, 2.75) is 0 Å². The Morgan fingerprint density at radius 2 is 2.14 bits per heavy atom. The van der Waals surface area contributed by atoms with E-state index in [-0.39, 0.29) is 22.7 Å². The third kappa shape index (κ3) is 3.06. The molecule has 2 N–H and O–H groups in total. The minimum atomic E-state index is -0.635. The van der Waals surface area contributed by atoms with Gasteiger partial charge in [0, 0.05) is 24.5 Å². The summed E-state index contributed by atoms with van der Waals surface area (Å²) in [6, 6.07) is 4.98. The fourth-order valence-corrected chi connectivity index (χ4v) is 1.68. The van der Waals surface area contributed by atoms with Crippen LogP contribution >= 0.6 is 0 Å². The number of nitro benzene ring substituents is 1. The molecule has 1 heterocycles. The molecular formula is C13H11N3O5. The van der Waals surface area contributed by atoms with Crippen molar-refractivity contribution in [1.82, 2.24) is 4.98 Å². The fourth-order valence-electron chi connectivity index (χ4n) is 1.68. The van der Waals surface area contributed by atoms with Crippen LogP contribution in [0.2, 0.25) is 0 Å². The summed E-state index contributed by atoms with van der Waals surface area (Å²) in [5.41, 5.74) is -0.441. The molecule has 0 fully saturated rings. The van der Waals surface area contributed by atoms with E-state index in [4.69, 9.17) is 4.74 Å². The van der Waals surface area contributed by atoms with E-state index in [0.29, 0.717) is 0 Å². The van der Waals surface area contributed by atoms with Crippen molar-refractivity contribution in [3.05, 3.63) is 62.6 Å². The highest BCUT2D eigenvalue weighted by Crippen LogP contribution is 2.29. The number of methoxy groups -OCH3 is 1. The first-order chi connectivity index (χ1) is 10.0. The number of ether oxygens (including phenoxy) is 1. The molecule has 2 aromatic rings. The number of amides is 1. The van der Waals surface area contributed by atoms with Crippen molar-refractivity contribution in [2.24, 2.45) is 0 Å². The molecule has 0 radical (unpaired) electrons. The van der Waals surface area contributed by atoms with Gasteiger partial charge in [0.25, 0.3) is 11.6 Å². The molecule has 8 nitrogen and oxygen atoms in total. The number of hydrogen-bond acceptors (Lipinski definition) is 5. The van der Waals surface area contributed by atoms with E-state index >= 15 is 0 Å². The molecule has 1 aromatic carbocycles. The molecule has 0 bridgehead atoms. The van der Waals surface area contributed by atoms with E-state index in [2.05, 4.69) is 10.3 Å². The molecule has 0 saturated carbocycles. The fraction of sp³-hybridized carbons (Fsp3) is 0.0769. The van der Waals surface area contributed by atoms with Gasteiger partial charge in [-0.2, -0.15) is 0 Å². The number of hydrogen-bond donors (Lipinski definition) is 2. The second-order valence-electron chi connectivity index (χ2n) is 4.02. The van der Waals surface area contributed by atoms with Gasteiger partial charge in [0.15, 0.2) is 5.43 Å². The summed E-state index contributed by atoms with van der Waals surface area (Å²) in [5, 5.41) is 13.2. The molecule has 0 spiro atoms. The van der Waals surface area contributed by atoms with Crippen LogP contribution in [0.3, 0.4) is 0 Å². The molecule has 0 unspecified atom stereocenters. The molecular weight excluding hydrogens is 278 g/mol. The maximum atomic E-state index is 12.0. The monoisotopic (exact) mass is 289 g/mol. The second kappa shape index (κ2) is 5.87. The van der Waals surface area contributed by atoms with Crippen molar-refractivity contribution in [2.75, 3.05) is 12.4 Å². The highest BCUT2D eigenvalue weighted by molar-refractivity contribution is 6.04. The van der Waals surface area contributed by atoms with Gasteiger partial charge >= 0.3 is 0 Å². The Kier molecular flexibility index (Phi) is 3.98. The number of carbonyl (C=O) groups is 1. The van der Waals surface area contributed by atoms with Crippen molar-refractivity contribution in [3.8, 4) is 5.75 Å². The maximum Gasteiger partial charge on any atom is 0.273 e. The third-order valence-electron chi connectivity index (χ3n) is 2.71. The Labute approximate surface area is 118 Å². The number of anilines is 1. The average molecular weight is 289 g/mol. The zero-order valence-corrected chi connectivity index (χ0v) is 11.0. The molecule has 0 saturated heterocycles. The number of non-ortho nitro benzene ring substituents is 1. The third-order valence-corrected chi connectivity index (χ3v) is 2.71. The second-order valence-corrected chi connectivity index (χ2v) is 4.02. The van der Waals surface area contributed by atoms with Crippen LogP contribution < -0.4 is 15.5 Å². The first-order valence-electron chi connectivity index (χ1n) is 5.84. The van der Waals surface area contributed by atoms with Crippen LogP contribution in [0.1, 0.15) is 10.4 Å². The minimum absolute atomic E-state index is 0.0714. The molecule has 1 aromatic heterocycles. The van der Waals surface area contributed by atoms with Crippen LogP contribution in [0, 0.1) is 10.1 Å². The summed E-state index contributed by atoms with van der Waals surface area (Å²) in [6.45, 7) is 0. The molecule has 0 atom stereocenters. The molecule has 0 aliphatic rings. The number of carbonyl (C=O) groups excluding carboxylic acids is 1. The Morgan fingerprint density at radius 1 is 1.38 bits per heavy atom. The van der Waals surface area contributed by atoms with Crippen LogP contribution in [0.4, 0.5) is 11.4 Å². The number of benzene rings is 1. The Morgan fingerprint density at radius 3 is 2.76 bits per heavy atom. The number of aromatic amines is 1. The highest BCUT2D eigenvalue weighted by atomic mass is 16.6. The minimum Gasteiger partial charge on any atom is -0.494 e. The van der Waals surface area contributed by atoms with Crippen LogP contribution in [-0.4, -0.2) is 22.9 Å². The Hall–Kier alpha value is -3.16. The van der Waals surface area contributed by atoms with E-state index < -0.39 is 16.3 Å².